The standard InChI is InChI=1S/C21H26N4O3/c1-3-4-12-22-21(28)19-24-18(17-7-5-6-13-25(17)19)20(27)23-16-10-8-15(9-11-16)14(2)26/h8-11H,3-7,12-13H2,1-2H3,(H,22,28)(H,23,27). The summed E-state index contributed by atoms with van der Waals surface area (Å²) in [6, 6.07) is 6.73. The summed E-state index contributed by atoms with van der Waals surface area (Å²) in [5.74, 6) is -0.294. The summed E-state index contributed by atoms with van der Waals surface area (Å²) in [6.07, 6.45) is 4.56. The van der Waals surface area contributed by atoms with Crippen molar-refractivity contribution in [3.8, 4) is 0 Å². The highest BCUT2D eigenvalue weighted by Crippen LogP contribution is 2.22. The van der Waals surface area contributed by atoms with Gasteiger partial charge in [-0.3, -0.25) is 14.4 Å². The van der Waals surface area contributed by atoms with Crippen molar-refractivity contribution in [1.82, 2.24) is 14.9 Å². The normalized spacial score (nSPS) is 12.9. The lowest BCUT2D eigenvalue weighted by Crippen LogP contribution is -2.28. The Hall–Kier alpha value is -2.96. The number of amides is 2. The molecule has 7 nitrogen and oxygen atoms in total. The van der Waals surface area contributed by atoms with E-state index in [1.165, 1.54) is 6.92 Å². The highest BCUT2D eigenvalue weighted by atomic mass is 16.2. The first-order valence-electron chi connectivity index (χ1n) is 9.81. The highest BCUT2D eigenvalue weighted by molar-refractivity contribution is 6.05. The van der Waals surface area contributed by atoms with E-state index in [2.05, 4.69) is 22.5 Å². The predicted molar refractivity (Wildman–Crippen MR) is 107 cm³/mol. The maximum Gasteiger partial charge on any atom is 0.287 e. The van der Waals surface area contributed by atoms with Gasteiger partial charge in [0, 0.05) is 24.3 Å². The molecule has 2 aromatic rings. The van der Waals surface area contributed by atoms with Crippen LogP contribution in [0.25, 0.3) is 0 Å². The third-order valence-electron chi connectivity index (χ3n) is 4.90. The molecule has 1 aliphatic rings. The molecule has 0 fully saturated rings. The third kappa shape index (κ3) is 4.30. The van der Waals surface area contributed by atoms with Gasteiger partial charge in [-0.25, -0.2) is 4.98 Å². The SMILES string of the molecule is CCCCNC(=O)c1nc(C(=O)Nc2ccc(C(C)=O)cc2)c2n1CCCC2. The van der Waals surface area contributed by atoms with Gasteiger partial charge in [-0.15, -0.1) is 0 Å². The predicted octanol–water partition coefficient (Wildman–Crippen LogP) is 3.20. The van der Waals surface area contributed by atoms with Gasteiger partial charge in [-0.1, -0.05) is 13.3 Å². The Balaban J connectivity index is 1.81. The van der Waals surface area contributed by atoms with Crippen LogP contribution >= 0.6 is 0 Å². The minimum absolute atomic E-state index is 0.0280. The second kappa shape index (κ2) is 8.82. The molecule has 0 bridgehead atoms. The fraction of sp³-hybridized carbons (Fsp3) is 0.429. The number of nitrogens with zero attached hydrogens (tertiary/aromatic N) is 2. The van der Waals surface area contributed by atoms with Crippen LogP contribution in [0.1, 0.15) is 76.7 Å². The Morgan fingerprint density at radius 3 is 2.54 bits per heavy atom. The quantitative estimate of drug-likeness (QED) is 0.568. The molecule has 2 heterocycles. The molecular formula is C21H26N4O3. The zero-order chi connectivity index (χ0) is 20.1. The van der Waals surface area contributed by atoms with E-state index in [1.807, 2.05) is 4.57 Å². The molecule has 1 aromatic heterocycles. The van der Waals surface area contributed by atoms with Crippen LogP contribution < -0.4 is 10.6 Å². The van der Waals surface area contributed by atoms with Gasteiger partial charge < -0.3 is 15.2 Å². The highest BCUT2D eigenvalue weighted by Gasteiger charge is 2.27. The summed E-state index contributed by atoms with van der Waals surface area (Å²) in [4.78, 5) is 41.1. The average molecular weight is 382 g/mol. The van der Waals surface area contributed by atoms with Gasteiger partial charge in [-0.2, -0.15) is 0 Å². The monoisotopic (exact) mass is 382 g/mol. The lowest BCUT2D eigenvalue weighted by Gasteiger charge is -2.17. The van der Waals surface area contributed by atoms with E-state index in [1.54, 1.807) is 24.3 Å². The van der Waals surface area contributed by atoms with Crippen LogP contribution in [0.5, 0.6) is 0 Å². The molecule has 1 aliphatic heterocycles. The van der Waals surface area contributed by atoms with Gasteiger partial charge >= 0.3 is 0 Å². The number of Topliss-reactive ketones (excluding diaryl/α,β-unsaturated/α-hetero) is 1. The number of rotatable bonds is 7. The third-order valence-corrected chi connectivity index (χ3v) is 4.90. The van der Waals surface area contributed by atoms with Crippen molar-refractivity contribution in [3.63, 3.8) is 0 Å². The van der Waals surface area contributed by atoms with E-state index < -0.39 is 0 Å². The van der Waals surface area contributed by atoms with E-state index in [0.717, 1.165) is 37.8 Å². The topological polar surface area (TPSA) is 93.1 Å². The number of unbranched alkanes of at least 4 members (excludes halogenated alkanes) is 1. The molecule has 148 valence electrons. The smallest absolute Gasteiger partial charge is 0.287 e. The number of nitrogens with one attached hydrogen (secondary N) is 2. The molecule has 3 rings (SSSR count). The number of fused-ring (bicyclic) bond motifs is 1. The maximum absolute atomic E-state index is 12.8. The summed E-state index contributed by atoms with van der Waals surface area (Å²) in [6.45, 7) is 4.86. The van der Waals surface area contributed by atoms with Crippen molar-refractivity contribution >= 4 is 23.3 Å². The number of aromatic nitrogens is 2. The van der Waals surface area contributed by atoms with Crippen LogP contribution in [-0.4, -0.2) is 33.7 Å². The molecule has 0 saturated carbocycles. The molecule has 1 aromatic carbocycles. The van der Waals surface area contributed by atoms with E-state index in [9.17, 15) is 14.4 Å². The number of carbonyl (C=O) groups excluding carboxylic acids is 3. The number of ketones is 1. The molecule has 2 N–H and O–H groups in total. The van der Waals surface area contributed by atoms with Gasteiger partial charge in [0.1, 0.15) is 0 Å². The van der Waals surface area contributed by atoms with Gasteiger partial charge in [0.2, 0.25) is 0 Å². The molecule has 0 unspecified atom stereocenters. The van der Waals surface area contributed by atoms with Crippen LogP contribution in [0.3, 0.4) is 0 Å². The Labute approximate surface area is 164 Å². The van der Waals surface area contributed by atoms with E-state index in [-0.39, 0.29) is 17.6 Å². The first-order valence-corrected chi connectivity index (χ1v) is 9.81. The Bertz CT molecular complexity index is 884. The largest absolute Gasteiger partial charge is 0.349 e. The zero-order valence-corrected chi connectivity index (χ0v) is 16.4. The molecule has 0 radical (unpaired) electrons. The summed E-state index contributed by atoms with van der Waals surface area (Å²) >= 11 is 0. The van der Waals surface area contributed by atoms with Crippen molar-refractivity contribution in [3.05, 3.63) is 47.0 Å². The lowest BCUT2D eigenvalue weighted by molar-refractivity contribution is 0.0936. The number of imidazole rings is 1. The van der Waals surface area contributed by atoms with E-state index in [0.29, 0.717) is 35.9 Å². The molecule has 0 atom stereocenters. The summed E-state index contributed by atoms with van der Waals surface area (Å²) in [7, 11) is 0. The van der Waals surface area contributed by atoms with Crippen LogP contribution in [-0.2, 0) is 13.0 Å². The zero-order valence-electron chi connectivity index (χ0n) is 16.4. The summed E-state index contributed by atoms with van der Waals surface area (Å²) in [5.41, 5.74) is 2.28. The minimum Gasteiger partial charge on any atom is -0.349 e. The van der Waals surface area contributed by atoms with Crippen molar-refractivity contribution in [2.75, 3.05) is 11.9 Å². The fourth-order valence-electron chi connectivity index (χ4n) is 3.33. The van der Waals surface area contributed by atoms with Crippen LogP contribution in [0.15, 0.2) is 24.3 Å². The first-order chi connectivity index (χ1) is 13.5. The number of carbonyl (C=O) groups is 3. The molecule has 0 saturated heterocycles. The first kappa shape index (κ1) is 19.8. The number of benzene rings is 1. The van der Waals surface area contributed by atoms with Crippen molar-refractivity contribution in [2.24, 2.45) is 0 Å². The number of hydrogen-bond donors (Lipinski definition) is 2. The Kier molecular flexibility index (Phi) is 6.23. The van der Waals surface area contributed by atoms with Crippen LogP contribution in [0.4, 0.5) is 5.69 Å². The molecule has 0 aliphatic carbocycles. The average Bonchev–Trinajstić information content (AvgIpc) is 3.08. The van der Waals surface area contributed by atoms with Crippen molar-refractivity contribution < 1.29 is 14.4 Å². The van der Waals surface area contributed by atoms with Gasteiger partial charge in [0.15, 0.2) is 17.3 Å². The Morgan fingerprint density at radius 1 is 1.11 bits per heavy atom. The van der Waals surface area contributed by atoms with E-state index >= 15 is 0 Å². The van der Waals surface area contributed by atoms with Gasteiger partial charge in [0.25, 0.3) is 11.8 Å². The Morgan fingerprint density at radius 2 is 1.86 bits per heavy atom. The number of hydrogen-bond acceptors (Lipinski definition) is 4. The van der Waals surface area contributed by atoms with Crippen molar-refractivity contribution in [1.29, 1.82) is 0 Å². The molecule has 28 heavy (non-hydrogen) atoms. The molecule has 7 heteroatoms. The summed E-state index contributed by atoms with van der Waals surface area (Å²) in [5, 5.41) is 5.70. The molecule has 2 amide bonds. The maximum atomic E-state index is 12.8. The number of anilines is 1. The van der Waals surface area contributed by atoms with Crippen LogP contribution in [0, 0.1) is 0 Å². The second-order valence-electron chi connectivity index (χ2n) is 7.04. The second-order valence-corrected chi connectivity index (χ2v) is 7.04. The molecular weight excluding hydrogens is 356 g/mol. The van der Waals surface area contributed by atoms with Crippen LogP contribution in [0.2, 0.25) is 0 Å². The van der Waals surface area contributed by atoms with Gasteiger partial charge in [0.05, 0.1) is 5.69 Å². The summed E-state index contributed by atoms with van der Waals surface area (Å²) < 4.78 is 1.87. The van der Waals surface area contributed by atoms with Crippen molar-refractivity contribution in [2.45, 2.75) is 52.5 Å². The lowest BCUT2D eigenvalue weighted by atomic mass is 10.1. The minimum atomic E-state index is -0.339. The molecule has 0 spiro atoms. The van der Waals surface area contributed by atoms with E-state index in [4.69, 9.17) is 0 Å². The van der Waals surface area contributed by atoms with Gasteiger partial charge in [-0.05, 0) is 56.9 Å². The fourth-order valence-corrected chi connectivity index (χ4v) is 3.33.